The van der Waals surface area contributed by atoms with Gasteiger partial charge in [-0.15, -0.1) is 0 Å². The molecule has 2 atom stereocenters. The number of hydrogen-bond acceptors (Lipinski definition) is 0. The summed E-state index contributed by atoms with van der Waals surface area (Å²) in [4.78, 5) is 0. The van der Waals surface area contributed by atoms with Crippen LogP contribution in [0.25, 0.3) is 0 Å². The molecule has 1 rings (SSSR count). The molecule has 0 aromatic heterocycles. The Labute approximate surface area is 83.3 Å². The van der Waals surface area contributed by atoms with Crippen LogP contribution in [0.5, 0.6) is 0 Å². The third-order valence-corrected chi connectivity index (χ3v) is 2.74. The van der Waals surface area contributed by atoms with Gasteiger partial charge in [0.1, 0.15) is 0 Å². The topological polar surface area (TPSA) is 0 Å². The Bertz CT molecular complexity index is 80.9. The van der Waals surface area contributed by atoms with Gasteiger partial charge in [0.05, 0.1) is 0 Å². The first kappa shape index (κ1) is 11.6. The summed E-state index contributed by atoms with van der Waals surface area (Å²) in [6, 6.07) is 0. The molecular formula is C10H19Li. The van der Waals surface area contributed by atoms with E-state index in [1.54, 1.807) is 0 Å². The molecule has 60 valence electrons. The molecule has 0 saturated heterocycles. The minimum absolute atomic E-state index is 0. The first-order valence-corrected chi connectivity index (χ1v) is 4.71. The van der Waals surface area contributed by atoms with Gasteiger partial charge in [-0.3, -0.25) is 0 Å². The zero-order valence-electron chi connectivity index (χ0n) is 8.27. The molecule has 0 heterocycles. The third kappa shape index (κ3) is 3.68. The van der Waals surface area contributed by atoms with Crippen LogP contribution in [0, 0.1) is 18.3 Å². The molecule has 0 amide bonds. The summed E-state index contributed by atoms with van der Waals surface area (Å²) in [5.74, 6) is 1.89. The van der Waals surface area contributed by atoms with Gasteiger partial charge in [0.25, 0.3) is 0 Å². The van der Waals surface area contributed by atoms with Crippen molar-refractivity contribution in [3.63, 3.8) is 0 Å². The SMILES string of the molecule is CCC1[CH-]C(CC)CCC1.[Li+]. The van der Waals surface area contributed by atoms with Gasteiger partial charge in [0.15, 0.2) is 0 Å². The molecule has 2 unspecified atom stereocenters. The molecule has 0 nitrogen and oxygen atoms in total. The van der Waals surface area contributed by atoms with E-state index >= 15 is 0 Å². The van der Waals surface area contributed by atoms with Crippen LogP contribution in [-0.2, 0) is 0 Å². The molecule has 0 aromatic carbocycles. The molecule has 0 bridgehead atoms. The molecule has 0 spiro atoms. The van der Waals surface area contributed by atoms with Crippen molar-refractivity contribution in [2.24, 2.45) is 11.8 Å². The Hall–Kier alpha value is 0.597. The average Bonchev–Trinajstić information content (AvgIpc) is 2.05. The van der Waals surface area contributed by atoms with Crippen LogP contribution < -0.4 is 18.9 Å². The Kier molecular flexibility index (Phi) is 6.49. The van der Waals surface area contributed by atoms with Gasteiger partial charge in [-0.2, -0.15) is 11.8 Å². The minimum atomic E-state index is 0. The van der Waals surface area contributed by atoms with Gasteiger partial charge < -0.3 is 6.42 Å². The van der Waals surface area contributed by atoms with Crippen molar-refractivity contribution in [3.8, 4) is 0 Å². The van der Waals surface area contributed by atoms with E-state index in [0.717, 1.165) is 11.8 Å². The summed E-state index contributed by atoms with van der Waals surface area (Å²) in [7, 11) is 0. The van der Waals surface area contributed by atoms with Crippen LogP contribution >= 0.6 is 0 Å². The minimum Gasteiger partial charge on any atom is -0.322 e. The van der Waals surface area contributed by atoms with E-state index in [-0.39, 0.29) is 18.9 Å². The fraction of sp³-hybridized carbons (Fsp3) is 0.900. The molecule has 0 aromatic rings. The fourth-order valence-corrected chi connectivity index (χ4v) is 1.90. The van der Waals surface area contributed by atoms with Gasteiger partial charge in [0.2, 0.25) is 0 Å². The van der Waals surface area contributed by atoms with E-state index in [9.17, 15) is 0 Å². The van der Waals surface area contributed by atoms with E-state index in [1.807, 2.05) is 0 Å². The molecule has 0 radical (unpaired) electrons. The number of rotatable bonds is 2. The summed E-state index contributed by atoms with van der Waals surface area (Å²) in [5, 5.41) is 0. The zero-order chi connectivity index (χ0) is 7.40. The van der Waals surface area contributed by atoms with E-state index in [0.29, 0.717) is 0 Å². The van der Waals surface area contributed by atoms with E-state index < -0.39 is 0 Å². The van der Waals surface area contributed by atoms with Gasteiger partial charge in [-0.05, 0) is 0 Å². The molecule has 1 saturated carbocycles. The molecule has 1 fully saturated rings. The molecular weight excluding hydrogens is 127 g/mol. The first-order chi connectivity index (χ1) is 4.86. The van der Waals surface area contributed by atoms with Crippen LogP contribution in [0.2, 0.25) is 0 Å². The van der Waals surface area contributed by atoms with Crippen molar-refractivity contribution < 1.29 is 18.9 Å². The van der Waals surface area contributed by atoms with Crippen molar-refractivity contribution in [3.05, 3.63) is 6.42 Å². The molecule has 11 heavy (non-hydrogen) atoms. The Morgan fingerprint density at radius 2 is 1.55 bits per heavy atom. The first-order valence-electron chi connectivity index (χ1n) is 4.71. The summed E-state index contributed by atoms with van der Waals surface area (Å²) in [5.41, 5.74) is 0. The maximum atomic E-state index is 2.59. The van der Waals surface area contributed by atoms with Gasteiger partial charge in [0, 0.05) is 0 Å². The molecule has 1 aliphatic carbocycles. The summed E-state index contributed by atoms with van der Waals surface area (Å²) < 4.78 is 0. The maximum absolute atomic E-state index is 2.59. The predicted octanol–water partition coefficient (Wildman–Crippen LogP) is 0.431. The molecule has 0 N–H and O–H groups in total. The Morgan fingerprint density at radius 3 is 1.91 bits per heavy atom. The van der Waals surface area contributed by atoms with Crippen LogP contribution in [0.1, 0.15) is 46.0 Å². The fourth-order valence-electron chi connectivity index (χ4n) is 1.90. The van der Waals surface area contributed by atoms with Crippen molar-refractivity contribution in [2.45, 2.75) is 46.0 Å². The van der Waals surface area contributed by atoms with Crippen molar-refractivity contribution in [1.82, 2.24) is 0 Å². The molecule has 0 aliphatic heterocycles. The normalized spacial score (nSPS) is 31.1. The van der Waals surface area contributed by atoms with Crippen molar-refractivity contribution >= 4 is 0 Å². The smallest absolute Gasteiger partial charge is 0.322 e. The number of hydrogen-bond donors (Lipinski definition) is 0. The standard InChI is InChI=1S/C10H19.Li/c1-3-9-6-5-7-10(4-2)8-9;/h8-10H,3-7H2,1-2H3;/q-1;+1. The summed E-state index contributed by atoms with van der Waals surface area (Å²) in [6.07, 6.45) is 9.67. The largest absolute Gasteiger partial charge is 1.00 e. The third-order valence-electron chi connectivity index (χ3n) is 2.74. The maximum Gasteiger partial charge on any atom is 1.00 e. The van der Waals surface area contributed by atoms with Crippen LogP contribution in [-0.4, -0.2) is 0 Å². The second-order valence-corrected chi connectivity index (χ2v) is 3.46. The molecule has 1 heteroatoms. The van der Waals surface area contributed by atoms with Crippen LogP contribution in [0.15, 0.2) is 0 Å². The second kappa shape index (κ2) is 6.15. The van der Waals surface area contributed by atoms with Gasteiger partial charge in [-0.25, -0.2) is 0 Å². The Balaban J connectivity index is 0.000001000. The van der Waals surface area contributed by atoms with Crippen molar-refractivity contribution in [2.75, 3.05) is 0 Å². The van der Waals surface area contributed by atoms with Crippen LogP contribution in [0.4, 0.5) is 0 Å². The predicted molar refractivity (Wildman–Crippen MR) is 45.7 cm³/mol. The summed E-state index contributed by atoms with van der Waals surface area (Å²) in [6.45, 7) is 4.61. The average molecular weight is 146 g/mol. The van der Waals surface area contributed by atoms with E-state index in [1.165, 1.54) is 32.1 Å². The molecule has 1 aliphatic rings. The van der Waals surface area contributed by atoms with E-state index in [4.69, 9.17) is 0 Å². The second-order valence-electron chi connectivity index (χ2n) is 3.46. The Morgan fingerprint density at radius 1 is 1.09 bits per heavy atom. The zero-order valence-corrected chi connectivity index (χ0v) is 8.27. The van der Waals surface area contributed by atoms with Crippen LogP contribution in [0.3, 0.4) is 0 Å². The summed E-state index contributed by atoms with van der Waals surface area (Å²) >= 11 is 0. The van der Waals surface area contributed by atoms with Gasteiger partial charge >= 0.3 is 18.9 Å². The monoisotopic (exact) mass is 146 g/mol. The quantitative estimate of drug-likeness (QED) is 0.391. The van der Waals surface area contributed by atoms with Gasteiger partial charge in [-0.1, -0.05) is 46.0 Å². The van der Waals surface area contributed by atoms with Crippen molar-refractivity contribution in [1.29, 1.82) is 0 Å². The van der Waals surface area contributed by atoms with E-state index in [2.05, 4.69) is 20.3 Å².